The van der Waals surface area contributed by atoms with Gasteiger partial charge in [0, 0.05) is 37.2 Å². The van der Waals surface area contributed by atoms with Gasteiger partial charge in [0.05, 0.1) is 12.7 Å². The quantitative estimate of drug-likeness (QED) is 0.907. The minimum absolute atomic E-state index is 0.817. The van der Waals surface area contributed by atoms with Crippen molar-refractivity contribution in [3.63, 3.8) is 0 Å². The third-order valence-corrected chi connectivity index (χ3v) is 4.21. The van der Waals surface area contributed by atoms with E-state index in [-0.39, 0.29) is 0 Å². The molecule has 0 unspecified atom stereocenters. The van der Waals surface area contributed by atoms with Crippen molar-refractivity contribution in [1.82, 2.24) is 29.8 Å². The van der Waals surface area contributed by atoms with Crippen LogP contribution in [0.4, 0.5) is 5.82 Å². The largest absolute Gasteiger partial charge is 0.323 e. The van der Waals surface area contributed by atoms with E-state index in [1.54, 1.807) is 0 Å². The first kappa shape index (κ1) is 13.4. The van der Waals surface area contributed by atoms with Crippen LogP contribution in [-0.2, 0) is 6.54 Å². The molecule has 4 rings (SSSR count). The van der Waals surface area contributed by atoms with E-state index in [9.17, 15) is 0 Å². The molecule has 0 aliphatic carbocycles. The fourth-order valence-electron chi connectivity index (χ4n) is 3.09. The first-order valence-electron chi connectivity index (χ1n) is 7.84. The highest BCUT2D eigenvalue weighted by Gasteiger charge is 2.23. The summed E-state index contributed by atoms with van der Waals surface area (Å²) in [5.41, 5.74) is 1.04. The third kappa shape index (κ3) is 2.48. The fourth-order valence-corrected chi connectivity index (χ4v) is 3.09. The summed E-state index contributed by atoms with van der Waals surface area (Å²) in [6.45, 7) is 5.05. The van der Waals surface area contributed by atoms with Gasteiger partial charge < -0.3 is 10.3 Å². The Bertz CT molecular complexity index is 678. The highest BCUT2D eigenvalue weighted by Crippen LogP contribution is 2.23. The van der Waals surface area contributed by atoms with Crippen molar-refractivity contribution >= 4 is 11.6 Å². The van der Waals surface area contributed by atoms with E-state index < -0.39 is 0 Å². The number of imidazole rings is 1. The fraction of sp³-hybridized carbons (Fsp3) is 0.467. The van der Waals surface area contributed by atoms with E-state index in [0.29, 0.717) is 0 Å². The Hall–Kier alpha value is -2.28. The number of nitrogens with zero attached hydrogens (tertiary/aromatic N) is 5. The summed E-state index contributed by atoms with van der Waals surface area (Å²) in [7, 11) is 0. The predicted octanol–water partition coefficient (Wildman–Crippen LogP) is 2.00. The van der Waals surface area contributed by atoms with Gasteiger partial charge in [0.25, 0.3) is 0 Å². The molecule has 2 aliphatic heterocycles. The first-order valence-corrected chi connectivity index (χ1v) is 7.84. The van der Waals surface area contributed by atoms with Crippen LogP contribution in [0.2, 0.25) is 0 Å². The lowest BCUT2D eigenvalue weighted by Gasteiger charge is -2.39. The topological polar surface area (TPSA) is 65.0 Å². The minimum atomic E-state index is 0.817. The number of hydrazine groups is 1. The van der Waals surface area contributed by atoms with E-state index in [0.717, 1.165) is 42.8 Å². The van der Waals surface area contributed by atoms with Gasteiger partial charge in [-0.3, -0.25) is 9.67 Å². The standard InChI is InChI=1S/C15H21N7/c1-12-9-13(19-18-12)17-15-11-21(20-6-3-2-4-7-20)10-14-16-5-8-22(14)15/h5,8-9,11H,2-4,6-7,10H2,1H3,(H2,17,18,19). The average molecular weight is 299 g/mol. The molecule has 2 N–H and O–H groups in total. The maximum absolute atomic E-state index is 4.48. The van der Waals surface area contributed by atoms with Crippen molar-refractivity contribution < 1.29 is 0 Å². The molecule has 2 aromatic heterocycles. The van der Waals surface area contributed by atoms with Crippen LogP contribution in [0.15, 0.2) is 24.7 Å². The lowest BCUT2D eigenvalue weighted by atomic mass is 10.2. The molecule has 22 heavy (non-hydrogen) atoms. The van der Waals surface area contributed by atoms with E-state index >= 15 is 0 Å². The third-order valence-electron chi connectivity index (χ3n) is 4.21. The van der Waals surface area contributed by atoms with Gasteiger partial charge in [0.15, 0.2) is 5.82 Å². The summed E-state index contributed by atoms with van der Waals surface area (Å²) in [6.07, 6.45) is 9.85. The lowest BCUT2D eigenvalue weighted by molar-refractivity contribution is -0.00727. The van der Waals surface area contributed by atoms with Crippen molar-refractivity contribution in [2.45, 2.75) is 32.7 Å². The van der Waals surface area contributed by atoms with Crippen LogP contribution in [0.25, 0.3) is 5.82 Å². The van der Waals surface area contributed by atoms with Gasteiger partial charge in [-0.2, -0.15) is 5.10 Å². The first-order chi connectivity index (χ1) is 10.8. The van der Waals surface area contributed by atoms with Crippen LogP contribution in [0.5, 0.6) is 0 Å². The Morgan fingerprint density at radius 1 is 1.23 bits per heavy atom. The highest BCUT2D eigenvalue weighted by molar-refractivity contribution is 5.63. The molecule has 0 aromatic carbocycles. The molecule has 0 bridgehead atoms. The predicted molar refractivity (Wildman–Crippen MR) is 84.4 cm³/mol. The molecule has 0 saturated carbocycles. The van der Waals surface area contributed by atoms with Crippen LogP contribution in [0.1, 0.15) is 30.8 Å². The van der Waals surface area contributed by atoms with Gasteiger partial charge in [0.2, 0.25) is 0 Å². The van der Waals surface area contributed by atoms with Gasteiger partial charge in [-0.15, -0.1) is 0 Å². The second-order valence-electron chi connectivity index (χ2n) is 5.90. The molecule has 116 valence electrons. The molecule has 1 fully saturated rings. The van der Waals surface area contributed by atoms with Crippen molar-refractivity contribution in [2.75, 3.05) is 18.4 Å². The van der Waals surface area contributed by atoms with Gasteiger partial charge in [-0.1, -0.05) is 6.42 Å². The van der Waals surface area contributed by atoms with Crippen molar-refractivity contribution in [3.8, 4) is 0 Å². The van der Waals surface area contributed by atoms with Crippen molar-refractivity contribution in [3.05, 3.63) is 36.2 Å². The van der Waals surface area contributed by atoms with Crippen LogP contribution >= 0.6 is 0 Å². The zero-order chi connectivity index (χ0) is 14.9. The van der Waals surface area contributed by atoms with Crippen LogP contribution in [-0.4, -0.2) is 42.9 Å². The number of anilines is 1. The summed E-state index contributed by atoms with van der Waals surface area (Å²) in [5, 5.41) is 15.3. The summed E-state index contributed by atoms with van der Waals surface area (Å²) < 4.78 is 2.09. The second-order valence-corrected chi connectivity index (χ2v) is 5.90. The molecule has 7 nitrogen and oxygen atoms in total. The van der Waals surface area contributed by atoms with E-state index in [2.05, 4.69) is 41.3 Å². The second kappa shape index (κ2) is 5.49. The molecule has 2 aliphatic rings. The van der Waals surface area contributed by atoms with Crippen molar-refractivity contribution in [2.24, 2.45) is 0 Å². The number of H-pyrrole nitrogens is 1. The van der Waals surface area contributed by atoms with Gasteiger partial charge in [-0.05, 0) is 19.8 Å². The van der Waals surface area contributed by atoms with Crippen LogP contribution in [0.3, 0.4) is 0 Å². The maximum atomic E-state index is 4.48. The maximum Gasteiger partial charge on any atom is 0.153 e. The van der Waals surface area contributed by atoms with Crippen LogP contribution < -0.4 is 5.32 Å². The molecular weight excluding hydrogens is 278 g/mol. The van der Waals surface area contributed by atoms with E-state index in [1.807, 2.05) is 25.4 Å². The molecule has 0 atom stereocenters. The number of nitrogens with one attached hydrogen (secondary N) is 2. The molecule has 2 aromatic rings. The molecule has 0 amide bonds. The highest BCUT2D eigenvalue weighted by atomic mass is 15.6. The summed E-state index contributed by atoms with van der Waals surface area (Å²) >= 11 is 0. The van der Waals surface area contributed by atoms with Crippen molar-refractivity contribution in [1.29, 1.82) is 0 Å². The number of aromatic nitrogens is 4. The van der Waals surface area contributed by atoms with Gasteiger partial charge >= 0.3 is 0 Å². The van der Waals surface area contributed by atoms with E-state index in [4.69, 9.17) is 0 Å². The zero-order valence-corrected chi connectivity index (χ0v) is 12.8. The minimum Gasteiger partial charge on any atom is -0.323 e. The number of aryl methyl sites for hydroxylation is 1. The number of fused-ring (bicyclic) bond motifs is 1. The van der Waals surface area contributed by atoms with Gasteiger partial charge in [0.1, 0.15) is 11.6 Å². The summed E-state index contributed by atoms with van der Waals surface area (Å²) in [6, 6.07) is 2.00. The normalized spacial score (nSPS) is 19.0. The Balaban J connectivity index is 1.61. The Morgan fingerprint density at radius 2 is 2.09 bits per heavy atom. The average Bonchev–Trinajstić information content (AvgIpc) is 3.17. The number of aromatic amines is 1. The monoisotopic (exact) mass is 299 g/mol. The molecule has 0 spiro atoms. The molecule has 4 heterocycles. The summed E-state index contributed by atoms with van der Waals surface area (Å²) in [5.74, 6) is 2.85. The van der Waals surface area contributed by atoms with E-state index in [1.165, 1.54) is 19.3 Å². The molecule has 1 saturated heterocycles. The molecular formula is C15H21N7. The zero-order valence-electron chi connectivity index (χ0n) is 12.8. The number of hydrogen-bond donors (Lipinski definition) is 2. The smallest absolute Gasteiger partial charge is 0.153 e. The molecule has 0 radical (unpaired) electrons. The number of piperidine rings is 1. The van der Waals surface area contributed by atoms with Crippen LogP contribution in [0, 0.1) is 6.92 Å². The number of hydrogen-bond acceptors (Lipinski definition) is 5. The SMILES string of the molecule is Cc1cc(NC2=CN(N3CCCCC3)Cc3nccn32)n[nH]1. The van der Waals surface area contributed by atoms with Gasteiger partial charge in [-0.25, -0.2) is 9.99 Å². The molecule has 7 heteroatoms. The lowest BCUT2D eigenvalue weighted by Crippen LogP contribution is -2.44. The summed E-state index contributed by atoms with van der Waals surface area (Å²) in [4.78, 5) is 4.48. The number of rotatable bonds is 3. The Labute approximate surface area is 129 Å². The Kier molecular flexibility index (Phi) is 3.34. The Morgan fingerprint density at radius 3 is 2.86 bits per heavy atom.